The van der Waals surface area contributed by atoms with E-state index in [1.165, 1.54) is 32.1 Å². The Kier molecular flexibility index (Phi) is 9.57. The van der Waals surface area contributed by atoms with Crippen molar-refractivity contribution in [1.82, 2.24) is 0 Å². The first-order valence-corrected chi connectivity index (χ1v) is 4.93. The maximum Gasteiger partial charge on any atom is 0.0663 e. The summed E-state index contributed by atoms with van der Waals surface area (Å²) >= 11 is 0. The van der Waals surface area contributed by atoms with Crippen molar-refractivity contribution in [2.45, 2.75) is 51.9 Å². The third-order valence-electron chi connectivity index (χ3n) is 1.85. The molecule has 0 heterocycles. The molecule has 0 radical (unpaired) electrons. The van der Waals surface area contributed by atoms with E-state index < -0.39 is 0 Å². The van der Waals surface area contributed by atoms with Gasteiger partial charge in [0.25, 0.3) is 0 Å². The highest BCUT2D eigenvalue weighted by Gasteiger charge is 1.85. The minimum atomic E-state index is 0.564. The molecule has 0 aliphatic heterocycles. The lowest BCUT2D eigenvalue weighted by atomic mass is 10.1. The Morgan fingerprint density at radius 2 is 1.83 bits per heavy atom. The smallest absolute Gasteiger partial charge is 0.0663 e. The first-order chi connectivity index (χ1) is 5.91. The van der Waals surface area contributed by atoms with E-state index in [1.54, 1.807) is 0 Å². The third kappa shape index (κ3) is 9.23. The normalized spacial score (nSPS) is 10.3. The lowest BCUT2D eigenvalue weighted by Gasteiger charge is -1.95. The van der Waals surface area contributed by atoms with Crippen LogP contribution in [0.5, 0.6) is 0 Å². The summed E-state index contributed by atoms with van der Waals surface area (Å²) < 4.78 is 0. The Morgan fingerprint density at radius 3 is 2.50 bits per heavy atom. The fourth-order valence-corrected chi connectivity index (χ4v) is 1.12. The van der Waals surface area contributed by atoms with Crippen molar-refractivity contribution in [3.05, 3.63) is 12.2 Å². The van der Waals surface area contributed by atoms with Gasteiger partial charge in [0, 0.05) is 0 Å². The number of hydrogen-bond acceptors (Lipinski definition) is 1. The average Bonchev–Trinajstić information content (AvgIpc) is 2.10. The van der Waals surface area contributed by atoms with Gasteiger partial charge in [0.15, 0.2) is 0 Å². The predicted molar refractivity (Wildman–Crippen MR) is 52.7 cm³/mol. The molecule has 12 heavy (non-hydrogen) atoms. The lowest BCUT2D eigenvalue weighted by Crippen LogP contribution is -1.75. The molecule has 0 spiro atoms. The molecule has 0 amide bonds. The van der Waals surface area contributed by atoms with E-state index in [0.717, 1.165) is 6.42 Å². The van der Waals surface area contributed by atoms with Gasteiger partial charge < -0.3 is 0 Å². The van der Waals surface area contributed by atoms with Gasteiger partial charge in [0.05, 0.1) is 12.5 Å². The van der Waals surface area contributed by atoms with Gasteiger partial charge in [0.2, 0.25) is 0 Å². The van der Waals surface area contributed by atoms with Crippen LogP contribution in [0.1, 0.15) is 51.9 Å². The van der Waals surface area contributed by atoms with Crippen molar-refractivity contribution in [2.24, 2.45) is 0 Å². The van der Waals surface area contributed by atoms with Crippen LogP contribution in [0.2, 0.25) is 0 Å². The van der Waals surface area contributed by atoms with Crippen molar-refractivity contribution in [3.8, 4) is 6.07 Å². The summed E-state index contributed by atoms with van der Waals surface area (Å²) in [6.45, 7) is 2.23. The van der Waals surface area contributed by atoms with Crippen molar-refractivity contribution in [1.29, 1.82) is 5.26 Å². The van der Waals surface area contributed by atoms with E-state index in [9.17, 15) is 0 Å². The molecule has 0 aromatic carbocycles. The van der Waals surface area contributed by atoms with Gasteiger partial charge in [0.1, 0.15) is 0 Å². The molecule has 0 aliphatic carbocycles. The molecule has 0 aliphatic rings. The Labute approximate surface area is 76.1 Å². The van der Waals surface area contributed by atoms with Crippen LogP contribution in [0.3, 0.4) is 0 Å². The van der Waals surface area contributed by atoms with Gasteiger partial charge >= 0.3 is 0 Å². The van der Waals surface area contributed by atoms with Crippen LogP contribution >= 0.6 is 0 Å². The molecule has 1 nitrogen and oxygen atoms in total. The number of unbranched alkanes of at least 4 members (excludes halogenated alkanes) is 5. The number of allylic oxidation sites excluding steroid dienone is 2. The molecule has 0 fully saturated rings. The number of nitrogens with zero attached hydrogens (tertiary/aromatic N) is 1. The zero-order valence-electron chi connectivity index (χ0n) is 8.05. The Morgan fingerprint density at radius 1 is 1.08 bits per heavy atom. The Balaban J connectivity index is 2.96. The zero-order valence-corrected chi connectivity index (χ0v) is 8.05. The zero-order chi connectivity index (χ0) is 9.07. The van der Waals surface area contributed by atoms with E-state index in [-0.39, 0.29) is 0 Å². The first-order valence-electron chi connectivity index (χ1n) is 4.93. The number of hydrogen-bond donors (Lipinski definition) is 0. The summed E-state index contributed by atoms with van der Waals surface area (Å²) in [5.74, 6) is 0. The molecule has 1 heteroatoms. The molecule has 0 N–H and O–H groups in total. The summed E-state index contributed by atoms with van der Waals surface area (Å²) in [5, 5.41) is 8.24. The van der Waals surface area contributed by atoms with Gasteiger partial charge in [-0.2, -0.15) is 5.26 Å². The van der Waals surface area contributed by atoms with Gasteiger partial charge in [-0.3, -0.25) is 0 Å². The second kappa shape index (κ2) is 10.2. The molecule has 0 saturated heterocycles. The molecule has 0 aromatic heterocycles. The van der Waals surface area contributed by atoms with Crippen molar-refractivity contribution in [2.75, 3.05) is 0 Å². The molecule has 0 bridgehead atoms. The summed E-state index contributed by atoms with van der Waals surface area (Å²) in [7, 11) is 0. The fraction of sp³-hybridized carbons (Fsp3) is 0.727. The largest absolute Gasteiger partial charge is 0.198 e. The lowest BCUT2D eigenvalue weighted by molar-refractivity contribution is 0.637. The van der Waals surface area contributed by atoms with Crippen molar-refractivity contribution < 1.29 is 0 Å². The molecule has 0 saturated carbocycles. The second-order valence-electron chi connectivity index (χ2n) is 3.04. The highest BCUT2D eigenvalue weighted by Crippen LogP contribution is 2.05. The quantitative estimate of drug-likeness (QED) is 0.415. The number of nitriles is 1. The molecule has 0 unspecified atom stereocenters. The molecule has 0 rings (SSSR count). The van der Waals surface area contributed by atoms with Crippen LogP contribution in [0.15, 0.2) is 12.2 Å². The monoisotopic (exact) mass is 165 g/mol. The van der Waals surface area contributed by atoms with Crippen molar-refractivity contribution in [3.63, 3.8) is 0 Å². The molecular formula is C11H19N. The van der Waals surface area contributed by atoms with Gasteiger partial charge in [-0.25, -0.2) is 0 Å². The SMILES string of the molecule is CCCCCCC/C=C/CC#N. The van der Waals surface area contributed by atoms with Crippen LogP contribution in [-0.4, -0.2) is 0 Å². The fourth-order valence-electron chi connectivity index (χ4n) is 1.12. The maximum atomic E-state index is 8.24. The van der Waals surface area contributed by atoms with Crippen LogP contribution in [0, 0.1) is 11.3 Å². The van der Waals surface area contributed by atoms with E-state index in [4.69, 9.17) is 5.26 Å². The van der Waals surface area contributed by atoms with Gasteiger partial charge in [-0.1, -0.05) is 44.8 Å². The predicted octanol–water partition coefficient (Wildman–Crippen LogP) is 3.82. The highest BCUT2D eigenvalue weighted by atomic mass is 14.2. The minimum absolute atomic E-state index is 0.564. The highest BCUT2D eigenvalue weighted by molar-refractivity contribution is 4.90. The minimum Gasteiger partial charge on any atom is -0.198 e. The van der Waals surface area contributed by atoms with E-state index >= 15 is 0 Å². The summed E-state index contributed by atoms with van der Waals surface area (Å²) in [6.07, 6.45) is 12.4. The molecular weight excluding hydrogens is 146 g/mol. The van der Waals surface area contributed by atoms with E-state index in [2.05, 4.69) is 19.1 Å². The van der Waals surface area contributed by atoms with E-state index in [1.807, 2.05) is 6.08 Å². The number of rotatable bonds is 7. The first kappa shape index (κ1) is 11.2. The van der Waals surface area contributed by atoms with Crippen LogP contribution < -0.4 is 0 Å². The van der Waals surface area contributed by atoms with Gasteiger partial charge in [-0.05, 0) is 12.8 Å². The molecule has 0 atom stereocenters. The standard InChI is InChI=1S/C11H19N/c1-2-3-4-5-6-7-8-9-10-11-12/h8-9H,2-7,10H2,1H3/b9-8+. The summed E-state index contributed by atoms with van der Waals surface area (Å²) in [4.78, 5) is 0. The van der Waals surface area contributed by atoms with Gasteiger partial charge in [-0.15, -0.1) is 0 Å². The summed E-state index contributed by atoms with van der Waals surface area (Å²) in [5.41, 5.74) is 0. The topological polar surface area (TPSA) is 23.8 Å². The van der Waals surface area contributed by atoms with Crippen molar-refractivity contribution >= 4 is 0 Å². The van der Waals surface area contributed by atoms with Crippen LogP contribution in [0.4, 0.5) is 0 Å². The third-order valence-corrected chi connectivity index (χ3v) is 1.85. The average molecular weight is 165 g/mol. The van der Waals surface area contributed by atoms with Crippen LogP contribution in [-0.2, 0) is 0 Å². The van der Waals surface area contributed by atoms with Crippen LogP contribution in [0.25, 0.3) is 0 Å². The second-order valence-corrected chi connectivity index (χ2v) is 3.04. The maximum absolute atomic E-state index is 8.24. The Bertz CT molecular complexity index is 142. The molecule has 68 valence electrons. The Hall–Kier alpha value is -0.770. The molecule has 0 aromatic rings. The van der Waals surface area contributed by atoms with E-state index in [0.29, 0.717) is 6.42 Å². The summed E-state index contributed by atoms with van der Waals surface area (Å²) in [6, 6.07) is 2.09.